The zero-order chi connectivity index (χ0) is 19.1. The lowest BCUT2D eigenvalue weighted by atomic mass is 9.93. The molecular weight excluding hydrogens is 367 g/mol. The predicted octanol–water partition coefficient (Wildman–Crippen LogP) is 3.43. The van der Waals surface area contributed by atoms with Gasteiger partial charge in [0.15, 0.2) is 10.9 Å². The first kappa shape index (κ1) is 17.7. The molecule has 0 bridgehead atoms. The normalized spacial score (nSPS) is 19.9. The Balaban J connectivity index is 1.76. The zero-order valence-electron chi connectivity index (χ0n) is 15.0. The summed E-state index contributed by atoms with van der Waals surface area (Å²) < 4.78 is 19.5. The summed E-state index contributed by atoms with van der Waals surface area (Å²) in [6.45, 7) is 3.59. The Labute approximate surface area is 161 Å². The zero-order valence-corrected chi connectivity index (χ0v) is 15.8. The second-order valence-electron chi connectivity index (χ2n) is 6.78. The van der Waals surface area contributed by atoms with Crippen LogP contribution in [-0.2, 0) is 4.79 Å². The number of carbonyl (C=O) groups is 1. The number of halogens is 1. The molecule has 0 radical (unpaired) electrons. The SMILES string of the molecule is CC1=C(C(=O)Nc2cc(C)on2)[C@H](c2ccccc2F)NC(=S)N1C1CC1. The van der Waals surface area contributed by atoms with Gasteiger partial charge in [0, 0.05) is 23.4 Å². The van der Waals surface area contributed by atoms with Crippen LogP contribution in [0.4, 0.5) is 10.2 Å². The van der Waals surface area contributed by atoms with Crippen LogP contribution in [-0.4, -0.2) is 27.1 Å². The quantitative estimate of drug-likeness (QED) is 0.785. The monoisotopic (exact) mass is 386 g/mol. The maximum absolute atomic E-state index is 14.5. The molecule has 1 aliphatic heterocycles. The van der Waals surface area contributed by atoms with Crippen LogP contribution >= 0.6 is 12.2 Å². The van der Waals surface area contributed by atoms with E-state index in [2.05, 4.69) is 15.8 Å². The molecule has 27 heavy (non-hydrogen) atoms. The van der Waals surface area contributed by atoms with Gasteiger partial charge >= 0.3 is 0 Å². The van der Waals surface area contributed by atoms with Gasteiger partial charge in [0.2, 0.25) is 0 Å². The van der Waals surface area contributed by atoms with Crippen LogP contribution in [0.25, 0.3) is 0 Å². The third-order valence-corrected chi connectivity index (χ3v) is 5.08. The Hall–Kier alpha value is -2.74. The lowest BCUT2D eigenvalue weighted by Crippen LogP contribution is -2.49. The number of hydrogen-bond acceptors (Lipinski definition) is 4. The fourth-order valence-corrected chi connectivity index (χ4v) is 3.78. The first-order valence-electron chi connectivity index (χ1n) is 8.75. The Bertz CT molecular complexity index is 951. The summed E-state index contributed by atoms with van der Waals surface area (Å²) in [6.07, 6.45) is 2.03. The summed E-state index contributed by atoms with van der Waals surface area (Å²) in [5.74, 6) is 0.142. The van der Waals surface area contributed by atoms with E-state index >= 15 is 0 Å². The fraction of sp³-hybridized carbons (Fsp3) is 0.316. The molecule has 6 nitrogen and oxygen atoms in total. The predicted molar refractivity (Wildman–Crippen MR) is 102 cm³/mol. The van der Waals surface area contributed by atoms with Gasteiger partial charge in [0.1, 0.15) is 11.6 Å². The number of amides is 1. The Morgan fingerprint density at radius 1 is 1.37 bits per heavy atom. The maximum atomic E-state index is 14.5. The minimum absolute atomic E-state index is 0.281. The number of rotatable bonds is 4. The summed E-state index contributed by atoms with van der Waals surface area (Å²) >= 11 is 5.51. The summed E-state index contributed by atoms with van der Waals surface area (Å²) in [4.78, 5) is 15.0. The van der Waals surface area contributed by atoms with Gasteiger partial charge in [-0.3, -0.25) is 4.79 Å². The van der Waals surface area contributed by atoms with E-state index in [1.807, 2.05) is 11.8 Å². The molecule has 4 rings (SSSR count). The first-order valence-corrected chi connectivity index (χ1v) is 9.16. The van der Waals surface area contributed by atoms with Crippen LogP contribution in [0.5, 0.6) is 0 Å². The highest BCUT2D eigenvalue weighted by Gasteiger charge is 2.41. The minimum atomic E-state index is -0.679. The summed E-state index contributed by atoms with van der Waals surface area (Å²) in [5.41, 5.74) is 1.52. The van der Waals surface area contributed by atoms with Gasteiger partial charge in [-0.05, 0) is 45.0 Å². The number of carbonyl (C=O) groups excluding carboxylic acids is 1. The Kier molecular flexibility index (Phi) is 4.43. The third kappa shape index (κ3) is 3.32. The van der Waals surface area contributed by atoms with Crippen molar-refractivity contribution in [2.24, 2.45) is 0 Å². The van der Waals surface area contributed by atoms with Gasteiger partial charge in [-0.1, -0.05) is 23.4 Å². The second-order valence-corrected chi connectivity index (χ2v) is 7.17. The number of aryl methyl sites for hydroxylation is 1. The Morgan fingerprint density at radius 2 is 2.11 bits per heavy atom. The molecule has 1 aliphatic carbocycles. The smallest absolute Gasteiger partial charge is 0.257 e. The summed E-state index contributed by atoms with van der Waals surface area (Å²) in [7, 11) is 0. The molecule has 2 heterocycles. The molecule has 1 fully saturated rings. The number of benzene rings is 1. The highest BCUT2D eigenvalue weighted by molar-refractivity contribution is 7.80. The molecule has 1 aromatic carbocycles. The van der Waals surface area contributed by atoms with Crippen LogP contribution < -0.4 is 10.6 Å². The van der Waals surface area contributed by atoms with E-state index in [0.29, 0.717) is 27.8 Å². The van der Waals surface area contributed by atoms with Crippen LogP contribution in [0.3, 0.4) is 0 Å². The van der Waals surface area contributed by atoms with Gasteiger partial charge in [0.05, 0.1) is 11.6 Å². The molecule has 1 saturated carbocycles. The van der Waals surface area contributed by atoms with Crippen molar-refractivity contribution in [3.8, 4) is 0 Å². The number of allylic oxidation sites excluding steroid dienone is 1. The van der Waals surface area contributed by atoms with Crippen molar-refractivity contribution in [1.82, 2.24) is 15.4 Å². The lowest BCUT2D eigenvalue weighted by molar-refractivity contribution is -0.113. The van der Waals surface area contributed by atoms with Crippen LogP contribution in [0.2, 0.25) is 0 Å². The third-order valence-electron chi connectivity index (χ3n) is 4.77. The van der Waals surface area contributed by atoms with Crippen molar-refractivity contribution in [3.05, 3.63) is 58.7 Å². The molecule has 2 aromatic rings. The lowest BCUT2D eigenvalue weighted by Gasteiger charge is -2.38. The number of aromatic nitrogens is 1. The molecule has 1 atom stereocenters. The highest BCUT2D eigenvalue weighted by Crippen LogP contribution is 2.38. The van der Waals surface area contributed by atoms with Crippen molar-refractivity contribution in [1.29, 1.82) is 0 Å². The molecule has 8 heteroatoms. The summed E-state index contributed by atoms with van der Waals surface area (Å²) in [5, 5.41) is 10.2. The number of thiocarbonyl (C=S) groups is 1. The van der Waals surface area contributed by atoms with E-state index in [1.54, 1.807) is 31.2 Å². The van der Waals surface area contributed by atoms with Gasteiger partial charge < -0.3 is 20.1 Å². The molecule has 0 unspecified atom stereocenters. The molecule has 140 valence electrons. The molecule has 1 amide bonds. The molecule has 1 aromatic heterocycles. The number of nitrogens with one attached hydrogen (secondary N) is 2. The molecular formula is C19H19FN4O2S. The van der Waals surface area contributed by atoms with E-state index in [9.17, 15) is 9.18 Å². The maximum Gasteiger partial charge on any atom is 0.257 e. The number of hydrogen-bond donors (Lipinski definition) is 2. The van der Waals surface area contributed by atoms with Gasteiger partial charge in [-0.25, -0.2) is 4.39 Å². The molecule has 0 spiro atoms. The largest absolute Gasteiger partial charge is 0.360 e. The standard InChI is InChI=1S/C19H19FN4O2S/c1-10-9-15(23-26-10)21-18(25)16-11(2)24(12-7-8-12)19(27)22-17(16)13-5-3-4-6-14(13)20/h3-6,9,12,17H,7-8H2,1-2H3,(H,22,27)(H,21,23,25)/t17-/m0/s1. The van der Waals surface area contributed by atoms with E-state index in [4.69, 9.17) is 16.7 Å². The number of anilines is 1. The van der Waals surface area contributed by atoms with Crippen LogP contribution in [0, 0.1) is 12.7 Å². The minimum Gasteiger partial charge on any atom is -0.360 e. The van der Waals surface area contributed by atoms with Crippen molar-refractivity contribution in [2.75, 3.05) is 5.32 Å². The molecule has 2 aliphatic rings. The van der Waals surface area contributed by atoms with E-state index in [-0.39, 0.29) is 11.9 Å². The molecule has 0 saturated heterocycles. The van der Waals surface area contributed by atoms with Gasteiger partial charge in [-0.2, -0.15) is 0 Å². The van der Waals surface area contributed by atoms with Crippen molar-refractivity contribution >= 4 is 29.1 Å². The van der Waals surface area contributed by atoms with Gasteiger partial charge in [-0.15, -0.1) is 0 Å². The van der Waals surface area contributed by atoms with Crippen molar-refractivity contribution < 1.29 is 13.7 Å². The first-order chi connectivity index (χ1) is 13.0. The average Bonchev–Trinajstić information content (AvgIpc) is 3.36. The van der Waals surface area contributed by atoms with Crippen molar-refractivity contribution in [3.63, 3.8) is 0 Å². The van der Waals surface area contributed by atoms with E-state index in [1.165, 1.54) is 6.07 Å². The Morgan fingerprint density at radius 3 is 2.74 bits per heavy atom. The molecule has 2 N–H and O–H groups in total. The van der Waals surface area contributed by atoms with Gasteiger partial charge in [0.25, 0.3) is 5.91 Å². The average molecular weight is 386 g/mol. The fourth-order valence-electron chi connectivity index (χ4n) is 3.38. The van der Waals surface area contributed by atoms with E-state index in [0.717, 1.165) is 18.5 Å². The number of nitrogens with zero attached hydrogens (tertiary/aromatic N) is 2. The summed E-state index contributed by atoms with van der Waals surface area (Å²) in [6, 6.07) is 7.62. The van der Waals surface area contributed by atoms with Crippen LogP contribution in [0.1, 0.15) is 37.1 Å². The van der Waals surface area contributed by atoms with Crippen molar-refractivity contribution in [2.45, 2.75) is 38.8 Å². The second kappa shape index (κ2) is 6.77. The van der Waals surface area contributed by atoms with Crippen LogP contribution in [0.15, 0.2) is 46.1 Å². The van der Waals surface area contributed by atoms with E-state index < -0.39 is 11.9 Å². The topological polar surface area (TPSA) is 70.4 Å². The highest BCUT2D eigenvalue weighted by atomic mass is 32.1.